The van der Waals surface area contributed by atoms with Gasteiger partial charge in [0.25, 0.3) is 0 Å². The Morgan fingerprint density at radius 3 is 2.65 bits per heavy atom. The zero-order valence-corrected chi connectivity index (χ0v) is 13.0. The minimum Gasteiger partial charge on any atom is -0.317 e. The number of likely N-dealkylation sites (N-methyl/N-ethyl adjacent to an activating group) is 1. The van der Waals surface area contributed by atoms with Gasteiger partial charge in [-0.1, -0.05) is 29.8 Å². The molecule has 2 rings (SSSR count). The second-order valence-electron chi connectivity index (χ2n) is 5.62. The molecule has 0 aliphatic rings. The van der Waals surface area contributed by atoms with Gasteiger partial charge in [0.05, 0.1) is 5.69 Å². The molecule has 2 aromatic rings. The highest BCUT2D eigenvalue weighted by Gasteiger charge is 2.11. The summed E-state index contributed by atoms with van der Waals surface area (Å²) in [5.74, 6) is 0. The summed E-state index contributed by atoms with van der Waals surface area (Å²) in [4.78, 5) is 0. The number of hydrogen-bond acceptors (Lipinski definition) is 2. The van der Waals surface area contributed by atoms with E-state index in [1.54, 1.807) is 0 Å². The molecule has 20 heavy (non-hydrogen) atoms. The minimum absolute atomic E-state index is 0.491. The Morgan fingerprint density at radius 1 is 1.25 bits per heavy atom. The van der Waals surface area contributed by atoms with E-state index in [4.69, 9.17) is 0 Å². The molecule has 3 nitrogen and oxygen atoms in total. The molecule has 0 spiro atoms. The quantitative estimate of drug-likeness (QED) is 0.875. The monoisotopic (exact) mass is 271 g/mol. The fourth-order valence-corrected chi connectivity index (χ4v) is 2.66. The van der Waals surface area contributed by atoms with Gasteiger partial charge in [0.2, 0.25) is 0 Å². The molecule has 1 atom stereocenters. The molecule has 3 heteroatoms. The van der Waals surface area contributed by atoms with Crippen molar-refractivity contribution in [3.63, 3.8) is 0 Å². The van der Waals surface area contributed by atoms with Crippen LogP contribution in [-0.4, -0.2) is 22.9 Å². The Labute approximate surface area is 122 Å². The lowest BCUT2D eigenvalue weighted by Crippen LogP contribution is -2.29. The van der Waals surface area contributed by atoms with Crippen LogP contribution in [0.1, 0.15) is 28.9 Å². The first-order chi connectivity index (χ1) is 9.58. The maximum atomic E-state index is 4.42. The summed E-state index contributed by atoms with van der Waals surface area (Å²) in [7, 11) is 4.07. The lowest BCUT2D eigenvalue weighted by atomic mass is 10.0. The van der Waals surface area contributed by atoms with Crippen LogP contribution < -0.4 is 5.32 Å². The van der Waals surface area contributed by atoms with Gasteiger partial charge in [-0.3, -0.25) is 4.68 Å². The van der Waals surface area contributed by atoms with E-state index in [2.05, 4.69) is 47.7 Å². The van der Waals surface area contributed by atoms with Crippen LogP contribution in [0.2, 0.25) is 0 Å². The second kappa shape index (κ2) is 6.71. The summed E-state index contributed by atoms with van der Waals surface area (Å²) in [6.07, 6.45) is 3.29. The maximum Gasteiger partial charge on any atom is 0.0596 e. The number of nitrogens with zero attached hydrogens (tertiary/aromatic N) is 2. The van der Waals surface area contributed by atoms with Gasteiger partial charge in [-0.15, -0.1) is 0 Å². The van der Waals surface area contributed by atoms with Gasteiger partial charge < -0.3 is 5.32 Å². The van der Waals surface area contributed by atoms with E-state index in [-0.39, 0.29) is 0 Å². The van der Waals surface area contributed by atoms with Crippen LogP contribution in [0.4, 0.5) is 0 Å². The molecular formula is C17H25N3. The number of benzene rings is 1. The van der Waals surface area contributed by atoms with Crippen LogP contribution in [0, 0.1) is 13.8 Å². The van der Waals surface area contributed by atoms with Gasteiger partial charge in [-0.2, -0.15) is 5.10 Å². The molecule has 0 bridgehead atoms. The maximum absolute atomic E-state index is 4.42. The molecule has 1 unspecified atom stereocenters. The first-order valence-electron chi connectivity index (χ1n) is 7.31. The van der Waals surface area contributed by atoms with E-state index in [9.17, 15) is 0 Å². The summed E-state index contributed by atoms with van der Waals surface area (Å²) in [6.45, 7) is 4.20. The molecule has 1 N–H and O–H groups in total. The van der Waals surface area contributed by atoms with Gasteiger partial charge >= 0.3 is 0 Å². The lowest BCUT2D eigenvalue weighted by molar-refractivity contribution is 0.503. The molecular weight excluding hydrogens is 246 g/mol. The topological polar surface area (TPSA) is 29.9 Å². The van der Waals surface area contributed by atoms with Crippen molar-refractivity contribution < 1.29 is 0 Å². The molecule has 1 aromatic heterocycles. The van der Waals surface area contributed by atoms with Gasteiger partial charge in [0.15, 0.2) is 0 Å². The fraction of sp³-hybridized carbons (Fsp3) is 0.471. The van der Waals surface area contributed by atoms with E-state index in [0.717, 1.165) is 25.0 Å². The first kappa shape index (κ1) is 14.8. The van der Waals surface area contributed by atoms with Gasteiger partial charge in [-0.25, -0.2) is 0 Å². The second-order valence-corrected chi connectivity index (χ2v) is 5.62. The van der Waals surface area contributed by atoms with Crippen LogP contribution in [-0.2, 0) is 19.9 Å². The van der Waals surface area contributed by atoms with Gasteiger partial charge in [-0.05, 0) is 45.4 Å². The van der Waals surface area contributed by atoms with Crippen molar-refractivity contribution in [2.24, 2.45) is 7.05 Å². The third kappa shape index (κ3) is 3.94. The number of aromatic nitrogens is 2. The van der Waals surface area contributed by atoms with E-state index in [1.807, 2.05) is 25.7 Å². The molecule has 1 aromatic carbocycles. The highest BCUT2D eigenvalue weighted by molar-refractivity contribution is 5.22. The molecule has 0 fully saturated rings. The summed E-state index contributed by atoms with van der Waals surface area (Å²) < 4.78 is 1.99. The zero-order chi connectivity index (χ0) is 14.5. The molecule has 0 saturated carbocycles. The van der Waals surface area contributed by atoms with Gasteiger partial charge in [0.1, 0.15) is 0 Å². The van der Waals surface area contributed by atoms with Crippen molar-refractivity contribution in [2.45, 2.75) is 39.2 Å². The van der Waals surface area contributed by atoms with Crippen LogP contribution in [0.5, 0.6) is 0 Å². The SMILES string of the molecule is CNC(CCc1cccc(C)c1)Cc1cc(C)nn1C. The molecule has 0 aliphatic heterocycles. The van der Waals surface area contributed by atoms with E-state index >= 15 is 0 Å². The Kier molecular flexibility index (Phi) is 4.96. The summed E-state index contributed by atoms with van der Waals surface area (Å²) in [6, 6.07) is 11.5. The van der Waals surface area contributed by atoms with Crippen LogP contribution >= 0.6 is 0 Å². The predicted octanol–water partition coefficient (Wildman–Crippen LogP) is 2.80. The van der Waals surface area contributed by atoms with Gasteiger partial charge in [0, 0.05) is 25.2 Å². The number of nitrogens with one attached hydrogen (secondary N) is 1. The largest absolute Gasteiger partial charge is 0.317 e. The lowest BCUT2D eigenvalue weighted by Gasteiger charge is -2.16. The van der Waals surface area contributed by atoms with E-state index in [1.165, 1.54) is 16.8 Å². The average Bonchev–Trinajstić information content (AvgIpc) is 2.72. The third-order valence-corrected chi connectivity index (χ3v) is 3.83. The Balaban J connectivity index is 1.94. The Bertz CT molecular complexity index is 557. The molecule has 0 amide bonds. The summed E-state index contributed by atoms with van der Waals surface area (Å²) in [5.41, 5.74) is 5.15. The van der Waals surface area contributed by atoms with Crippen molar-refractivity contribution >= 4 is 0 Å². The number of rotatable bonds is 6. The van der Waals surface area contributed by atoms with Crippen molar-refractivity contribution in [3.8, 4) is 0 Å². The molecule has 0 saturated heterocycles. The highest BCUT2D eigenvalue weighted by Crippen LogP contribution is 2.12. The van der Waals surface area contributed by atoms with Crippen LogP contribution in [0.3, 0.4) is 0 Å². The molecule has 108 valence electrons. The molecule has 0 aliphatic carbocycles. The standard InChI is InChI=1S/C17H25N3/c1-13-6-5-7-15(10-13)8-9-16(18-3)12-17-11-14(2)19-20(17)4/h5-7,10-11,16,18H,8-9,12H2,1-4H3. The summed E-state index contributed by atoms with van der Waals surface area (Å²) in [5, 5.41) is 7.85. The Morgan fingerprint density at radius 2 is 2.05 bits per heavy atom. The summed E-state index contributed by atoms with van der Waals surface area (Å²) >= 11 is 0. The van der Waals surface area contributed by atoms with E-state index in [0.29, 0.717) is 6.04 Å². The smallest absolute Gasteiger partial charge is 0.0596 e. The molecule has 1 heterocycles. The zero-order valence-electron chi connectivity index (χ0n) is 13.0. The number of aryl methyl sites for hydroxylation is 4. The van der Waals surface area contributed by atoms with E-state index < -0.39 is 0 Å². The first-order valence-corrected chi connectivity index (χ1v) is 7.31. The van der Waals surface area contributed by atoms with Crippen LogP contribution in [0.25, 0.3) is 0 Å². The normalized spacial score (nSPS) is 12.6. The van der Waals surface area contributed by atoms with Crippen LogP contribution in [0.15, 0.2) is 30.3 Å². The highest BCUT2D eigenvalue weighted by atomic mass is 15.3. The fourth-order valence-electron chi connectivity index (χ4n) is 2.66. The van der Waals surface area contributed by atoms with Crippen molar-refractivity contribution in [3.05, 3.63) is 52.8 Å². The minimum atomic E-state index is 0.491. The average molecular weight is 271 g/mol. The Hall–Kier alpha value is -1.61. The third-order valence-electron chi connectivity index (χ3n) is 3.83. The van der Waals surface area contributed by atoms with Crippen molar-refractivity contribution in [2.75, 3.05) is 7.05 Å². The van der Waals surface area contributed by atoms with Crippen molar-refractivity contribution in [1.82, 2.24) is 15.1 Å². The number of hydrogen-bond donors (Lipinski definition) is 1. The van der Waals surface area contributed by atoms with Crippen molar-refractivity contribution in [1.29, 1.82) is 0 Å². The molecule has 0 radical (unpaired) electrons. The predicted molar refractivity (Wildman–Crippen MR) is 84.0 cm³/mol.